The number of aromatic nitrogens is 4. The first-order chi connectivity index (χ1) is 12.9. The van der Waals surface area contributed by atoms with E-state index in [0.29, 0.717) is 5.92 Å². The van der Waals surface area contributed by atoms with Gasteiger partial charge in [-0.15, -0.1) is 0 Å². The molecule has 2 fully saturated rings. The van der Waals surface area contributed by atoms with Crippen molar-refractivity contribution in [2.24, 2.45) is 0 Å². The van der Waals surface area contributed by atoms with E-state index in [0.717, 1.165) is 79.6 Å². The van der Waals surface area contributed by atoms with E-state index in [1.54, 1.807) is 0 Å². The Morgan fingerprint density at radius 2 is 2.12 bits per heavy atom. The molecule has 7 heteroatoms. The first kappa shape index (κ1) is 15.7. The smallest absolute Gasteiger partial charge is 0.129 e. The fourth-order valence-electron chi connectivity index (χ4n) is 3.74. The van der Waals surface area contributed by atoms with Crippen LogP contribution >= 0.6 is 0 Å². The fraction of sp³-hybridized carbons (Fsp3) is 0.421. The number of nitrogens with one attached hydrogen (secondary N) is 2. The molecule has 2 N–H and O–H groups in total. The number of ether oxygens (including phenoxy) is 1. The van der Waals surface area contributed by atoms with Crippen LogP contribution in [0.2, 0.25) is 0 Å². The monoisotopic (exact) mass is 350 g/mol. The minimum Gasteiger partial charge on any atom is -0.381 e. The molecule has 0 amide bonds. The van der Waals surface area contributed by atoms with Crippen LogP contribution in [0.15, 0.2) is 30.5 Å². The molecular weight excluding hydrogens is 328 g/mol. The standard InChI is InChI=1S/C19H22N6O/c1-2-15(22-18(3-1)25-7-5-20-6-8-25)19-14-10-16(13-4-9-26-12-13)21-11-17(14)23-24-19/h1-3,10-11,13,20H,4-9,12H2,(H,23,24). The number of aromatic amines is 1. The molecule has 0 bridgehead atoms. The van der Waals surface area contributed by atoms with Gasteiger partial charge in [0.1, 0.15) is 11.5 Å². The molecule has 0 spiro atoms. The lowest BCUT2D eigenvalue weighted by atomic mass is 10.0. The van der Waals surface area contributed by atoms with Gasteiger partial charge in [-0.1, -0.05) is 6.07 Å². The lowest BCUT2D eigenvalue weighted by Crippen LogP contribution is -2.43. The minimum atomic E-state index is 0.377. The maximum atomic E-state index is 5.52. The van der Waals surface area contributed by atoms with Crippen molar-refractivity contribution in [2.75, 3.05) is 44.3 Å². The Hall–Kier alpha value is -2.51. The minimum absolute atomic E-state index is 0.377. The van der Waals surface area contributed by atoms with Crippen molar-refractivity contribution >= 4 is 16.7 Å². The Balaban J connectivity index is 1.53. The van der Waals surface area contributed by atoms with Crippen LogP contribution in [0.5, 0.6) is 0 Å². The number of piperazine rings is 1. The van der Waals surface area contributed by atoms with Crippen LogP contribution in [0.25, 0.3) is 22.3 Å². The van der Waals surface area contributed by atoms with E-state index in [1.807, 2.05) is 12.3 Å². The molecule has 2 aliphatic rings. The molecule has 0 aliphatic carbocycles. The lowest BCUT2D eigenvalue weighted by Gasteiger charge is -2.28. The van der Waals surface area contributed by atoms with Crippen LogP contribution in [0.1, 0.15) is 18.0 Å². The number of rotatable bonds is 3. The van der Waals surface area contributed by atoms with Crippen molar-refractivity contribution in [3.05, 3.63) is 36.2 Å². The average molecular weight is 350 g/mol. The zero-order valence-electron chi connectivity index (χ0n) is 14.6. The largest absolute Gasteiger partial charge is 0.381 e. The van der Waals surface area contributed by atoms with Gasteiger partial charge >= 0.3 is 0 Å². The van der Waals surface area contributed by atoms with Gasteiger partial charge in [0.25, 0.3) is 0 Å². The summed E-state index contributed by atoms with van der Waals surface area (Å²) < 4.78 is 5.52. The van der Waals surface area contributed by atoms with E-state index >= 15 is 0 Å². The molecule has 5 rings (SSSR count). The van der Waals surface area contributed by atoms with Crippen LogP contribution in [0, 0.1) is 0 Å². The van der Waals surface area contributed by atoms with Crippen molar-refractivity contribution < 1.29 is 4.74 Å². The van der Waals surface area contributed by atoms with E-state index in [2.05, 4.69) is 43.6 Å². The first-order valence-corrected chi connectivity index (χ1v) is 9.23. The third-order valence-corrected chi connectivity index (χ3v) is 5.23. The second-order valence-electron chi connectivity index (χ2n) is 6.91. The Bertz CT molecular complexity index is 911. The van der Waals surface area contributed by atoms with E-state index in [4.69, 9.17) is 9.72 Å². The van der Waals surface area contributed by atoms with Crippen LogP contribution in [0.4, 0.5) is 5.82 Å². The molecule has 7 nitrogen and oxygen atoms in total. The van der Waals surface area contributed by atoms with E-state index in [1.165, 1.54) is 0 Å². The van der Waals surface area contributed by atoms with Crippen molar-refractivity contribution in [3.63, 3.8) is 0 Å². The van der Waals surface area contributed by atoms with Crippen LogP contribution in [-0.4, -0.2) is 59.6 Å². The number of H-pyrrole nitrogens is 1. The van der Waals surface area contributed by atoms with Gasteiger partial charge in [0, 0.05) is 49.8 Å². The molecule has 2 saturated heterocycles. The summed E-state index contributed by atoms with van der Waals surface area (Å²) in [7, 11) is 0. The maximum absolute atomic E-state index is 5.52. The highest BCUT2D eigenvalue weighted by Crippen LogP contribution is 2.30. The van der Waals surface area contributed by atoms with Gasteiger partial charge in [0.05, 0.1) is 24.0 Å². The fourth-order valence-corrected chi connectivity index (χ4v) is 3.74. The first-order valence-electron chi connectivity index (χ1n) is 9.23. The highest BCUT2D eigenvalue weighted by atomic mass is 16.5. The van der Waals surface area contributed by atoms with Crippen LogP contribution < -0.4 is 10.2 Å². The molecular formula is C19H22N6O. The van der Waals surface area contributed by atoms with Gasteiger partial charge < -0.3 is 15.0 Å². The zero-order valence-corrected chi connectivity index (χ0v) is 14.6. The normalized spacial score (nSPS) is 20.8. The van der Waals surface area contributed by atoms with Gasteiger partial charge in [-0.25, -0.2) is 4.98 Å². The van der Waals surface area contributed by atoms with E-state index in [-0.39, 0.29) is 0 Å². The van der Waals surface area contributed by atoms with Crippen LogP contribution in [-0.2, 0) is 4.74 Å². The number of hydrogen-bond donors (Lipinski definition) is 2. The van der Waals surface area contributed by atoms with Gasteiger partial charge in [0.2, 0.25) is 0 Å². The summed E-state index contributed by atoms with van der Waals surface area (Å²) in [6.45, 7) is 5.52. The second-order valence-corrected chi connectivity index (χ2v) is 6.91. The number of nitrogens with zero attached hydrogens (tertiary/aromatic N) is 4. The molecule has 3 aromatic rings. The number of anilines is 1. The molecule has 26 heavy (non-hydrogen) atoms. The number of fused-ring (bicyclic) bond motifs is 1. The SMILES string of the molecule is c1cc(-c2n[nH]c3cnc(C4CCOC4)cc23)nc(N2CCNCC2)c1. The van der Waals surface area contributed by atoms with Crippen LogP contribution in [0.3, 0.4) is 0 Å². The average Bonchev–Trinajstić information content (AvgIpc) is 3.38. The molecule has 1 unspecified atom stereocenters. The Morgan fingerprint density at radius 1 is 1.19 bits per heavy atom. The summed E-state index contributed by atoms with van der Waals surface area (Å²) in [5.74, 6) is 1.39. The molecule has 0 radical (unpaired) electrons. The van der Waals surface area contributed by atoms with Crippen molar-refractivity contribution in [2.45, 2.75) is 12.3 Å². The predicted octanol–water partition coefficient (Wildman–Crippen LogP) is 1.93. The molecule has 5 heterocycles. The summed E-state index contributed by atoms with van der Waals surface area (Å²) in [6, 6.07) is 8.31. The number of pyridine rings is 2. The summed E-state index contributed by atoms with van der Waals surface area (Å²) in [5.41, 5.74) is 3.81. The quantitative estimate of drug-likeness (QED) is 0.751. The van der Waals surface area contributed by atoms with Gasteiger partial charge in [-0.3, -0.25) is 10.1 Å². The summed E-state index contributed by atoms with van der Waals surface area (Å²) >= 11 is 0. The zero-order chi connectivity index (χ0) is 17.3. The topological polar surface area (TPSA) is 79.0 Å². The van der Waals surface area contributed by atoms with Crippen molar-refractivity contribution in [1.29, 1.82) is 0 Å². The summed E-state index contributed by atoms with van der Waals surface area (Å²) in [5, 5.41) is 12.1. The third kappa shape index (κ3) is 2.83. The molecule has 134 valence electrons. The Labute approximate surface area is 151 Å². The van der Waals surface area contributed by atoms with Gasteiger partial charge in [-0.2, -0.15) is 5.10 Å². The molecule has 3 aromatic heterocycles. The lowest BCUT2D eigenvalue weighted by molar-refractivity contribution is 0.193. The van der Waals surface area contributed by atoms with Gasteiger partial charge in [0.15, 0.2) is 0 Å². The third-order valence-electron chi connectivity index (χ3n) is 5.23. The van der Waals surface area contributed by atoms with Crippen molar-refractivity contribution in [1.82, 2.24) is 25.5 Å². The van der Waals surface area contributed by atoms with E-state index in [9.17, 15) is 0 Å². The van der Waals surface area contributed by atoms with E-state index < -0.39 is 0 Å². The molecule has 0 aromatic carbocycles. The Kier molecular flexibility index (Phi) is 4.03. The Morgan fingerprint density at radius 3 is 2.96 bits per heavy atom. The summed E-state index contributed by atoms with van der Waals surface area (Å²) in [6.07, 6.45) is 2.90. The predicted molar refractivity (Wildman–Crippen MR) is 100 cm³/mol. The second kappa shape index (κ2) is 6.66. The summed E-state index contributed by atoms with van der Waals surface area (Å²) in [4.78, 5) is 11.8. The highest BCUT2D eigenvalue weighted by Gasteiger charge is 2.21. The maximum Gasteiger partial charge on any atom is 0.129 e. The molecule has 1 atom stereocenters. The highest BCUT2D eigenvalue weighted by molar-refractivity contribution is 5.91. The van der Waals surface area contributed by atoms with Gasteiger partial charge in [-0.05, 0) is 24.6 Å². The van der Waals surface area contributed by atoms with Crippen molar-refractivity contribution in [3.8, 4) is 11.4 Å². The number of hydrogen-bond acceptors (Lipinski definition) is 6. The molecule has 2 aliphatic heterocycles. The molecule has 0 saturated carbocycles.